The third kappa shape index (κ3) is 1.42. The summed E-state index contributed by atoms with van der Waals surface area (Å²) < 4.78 is 0. The smallest absolute Gasteiger partial charge is 0.326 e. The molecule has 1 atom stereocenters. The van der Waals surface area contributed by atoms with E-state index in [1.165, 1.54) is 4.80 Å². The van der Waals surface area contributed by atoms with Crippen LogP contribution in [0.1, 0.15) is 17.4 Å². The van der Waals surface area contributed by atoms with Crippen LogP contribution in [-0.4, -0.2) is 26.1 Å². The van der Waals surface area contributed by atoms with Gasteiger partial charge in [0.15, 0.2) is 0 Å². The van der Waals surface area contributed by atoms with Crippen LogP contribution in [-0.2, 0) is 11.8 Å². The molecule has 0 fully saturated rings. The van der Waals surface area contributed by atoms with E-state index >= 15 is 0 Å². The van der Waals surface area contributed by atoms with Crippen LogP contribution in [0.3, 0.4) is 0 Å². The molecule has 0 spiro atoms. The molecule has 6 nitrogen and oxygen atoms in total. The van der Waals surface area contributed by atoms with E-state index in [0.717, 1.165) is 0 Å². The molecule has 1 heterocycles. The first-order valence-corrected chi connectivity index (χ1v) is 3.38. The predicted molar refractivity (Wildman–Crippen MR) is 40.3 cm³/mol. The molecule has 0 amide bonds. The summed E-state index contributed by atoms with van der Waals surface area (Å²) in [7, 11) is 1.62. The number of hydrogen-bond acceptors (Lipinski definition) is 4. The summed E-state index contributed by atoms with van der Waals surface area (Å²) in [4.78, 5) is 11.8. The van der Waals surface area contributed by atoms with Crippen LogP contribution in [0.5, 0.6) is 0 Å². The molecule has 0 saturated heterocycles. The van der Waals surface area contributed by atoms with Crippen molar-refractivity contribution in [2.45, 2.75) is 13.0 Å². The van der Waals surface area contributed by atoms with Crippen molar-refractivity contribution in [2.75, 3.05) is 0 Å². The number of nitrogens with zero attached hydrogens (tertiary/aromatic N) is 3. The highest BCUT2D eigenvalue weighted by Crippen LogP contribution is 2.09. The molecule has 0 aliphatic heterocycles. The monoisotopic (exact) mass is 170 g/mol. The summed E-state index contributed by atoms with van der Waals surface area (Å²) in [6.45, 7) is 1.67. The summed E-state index contributed by atoms with van der Waals surface area (Å²) in [5.41, 5.74) is 6.20. The van der Waals surface area contributed by atoms with E-state index < -0.39 is 12.0 Å². The number of nitrogens with two attached hydrogens (primary N) is 1. The summed E-state index contributed by atoms with van der Waals surface area (Å²) >= 11 is 0. The first-order valence-electron chi connectivity index (χ1n) is 3.38. The Kier molecular flexibility index (Phi) is 2.09. The van der Waals surface area contributed by atoms with Crippen LogP contribution < -0.4 is 5.73 Å². The number of aromatic nitrogens is 3. The van der Waals surface area contributed by atoms with Crippen LogP contribution in [0.2, 0.25) is 0 Å². The van der Waals surface area contributed by atoms with Crippen molar-refractivity contribution in [3.63, 3.8) is 0 Å². The summed E-state index contributed by atoms with van der Waals surface area (Å²) in [5, 5.41) is 16.3. The average molecular weight is 170 g/mol. The lowest BCUT2D eigenvalue weighted by Crippen LogP contribution is -2.22. The minimum absolute atomic E-state index is 0.310. The van der Waals surface area contributed by atoms with Gasteiger partial charge in [-0.15, -0.1) is 0 Å². The SMILES string of the molecule is Cc1nn(C)nc1C(N)C(=O)O. The zero-order chi connectivity index (χ0) is 9.30. The zero-order valence-electron chi connectivity index (χ0n) is 6.85. The van der Waals surface area contributed by atoms with Crippen molar-refractivity contribution in [2.24, 2.45) is 12.8 Å². The molecule has 12 heavy (non-hydrogen) atoms. The van der Waals surface area contributed by atoms with Gasteiger partial charge in [0.1, 0.15) is 11.7 Å². The van der Waals surface area contributed by atoms with E-state index in [1.807, 2.05) is 0 Å². The minimum Gasteiger partial charge on any atom is -0.480 e. The topological polar surface area (TPSA) is 94.0 Å². The molecule has 0 aliphatic carbocycles. The molecule has 0 saturated carbocycles. The fraction of sp³-hybridized carbons (Fsp3) is 0.500. The van der Waals surface area contributed by atoms with Gasteiger partial charge in [-0.3, -0.25) is 4.79 Å². The van der Waals surface area contributed by atoms with Crippen LogP contribution in [0.15, 0.2) is 0 Å². The Hall–Kier alpha value is -1.43. The Morgan fingerprint density at radius 2 is 2.25 bits per heavy atom. The van der Waals surface area contributed by atoms with Gasteiger partial charge in [-0.05, 0) is 6.92 Å². The van der Waals surface area contributed by atoms with Crippen LogP contribution in [0.25, 0.3) is 0 Å². The van der Waals surface area contributed by atoms with Crippen molar-refractivity contribution in [1.29, 1.82) is 0 Å². The fourth-order valence-electron chi connectivity index (χ4n) is 0.923. The second-order valence-electron chi connectivity index (χ2n) is 2.48. The maximum absolute atomic E-state index is 10.5. The molecule has 0 aliphatic rings. The lowest BCUT2D eigenvalue weighted by Gasteiger charge is -2.00. The third-order valence-corrected chi connectivity index (χ3v) is 1.48. The minimum atomic E-state index is -1.10. The first-order chi connectivity index (χ1) is 5.52. The normalized spacial score (nSPS) is 12.9. The number of aryl methyl sites for hydroxylation is 2. The van der Waals surface area contributed by atoms with Gasteiger partial charge >= 0.3 is 5.97 Å². The molecule has 0 aromatic carbocycles. The van der Waals surface area contributed by atoms with Crippen LogP contribution in [0, 0.1) is 6.92 Å². The first kappa shape index (κ1) is 8.66. The van der Waals surface area contributed by atoms with Gasteiger partial charge in [-0.2, -0.15) is 15.0 Å². The maximum Gasteiger partial charge on any atom is 0.326 e. The molecule has 3 N–H and O–H groups in total. The van der Waals surface area contributed by atoms with Crippen LogP contribution >= 0.6 is 0 Å². The Bertz CT molecular complexity index is 306. The molecular weight excluding hydrogens is 160 g/mol. The highest BCUT2D eigenvalue weighted by molar-refractivity contribution is 5.74. The molecule has 1 rings (SSSR count). The molecule has 0 bridgehead atoms. The summed E-state index contributed by atoms with van der Waals surface area (Å²) in [5.74, 6) is -1.10. The molecular formula is C6H10N4O2. The Morgan fingerprint density at radius 1 is 1.67 bits per heavy atom. The van der Waals surface area contributed by atoms with E-state index in [9.17, 15) is 4.79 Å². The summed E-state index contributed by atoms with van der Waals surface area (Å²) in [6, 6.07) is -1.08. The van der Waals surface area contributed by atoms with E-state index in [0.29, 0.717) is 11.4 Å². The lowest BCUT2D eigenvalue weighted by molar-refractivity contribution is -0.138. The summed E-state index contributed by atoms with van der Waals surface area (Å²) in [6.07, 6.45) is 0. The standard InChI is InChI=1S/C6H10N4O2/c1-3-5(4(7)6(11)12)9-10(2)8-3/h4H,7H2,1-2H3,(H,11,12). The molecule has 6 heteroatoms. The Morgan fingerprint density at radius 3 is 2.58 bits per heavy atom. The maximum atomic E-state index is 10.5. The van der Waals surface area contributed by atoms with Gasteiger partial charge in [-0.25, -0.2) is 0 Å². The van der Waals surface area contributed by atoms with Gasteiger partial charge in [0.25, 0.3) is 0 Å². The van der Waals surface area contributed by atoms with Gasteiger partial charge in [0, 0.05) is 7.05 Å². The number of carboxylic acid groups (broad SMARTS) is 1. The van der Waals surface area contributed by atoms with Crippen molar-refractivity contribution < 1.29 is 9.90 Å². The highest BCUT2D eigenvalue weighted by atomic mass is 16.4. The number of aliphatic carboxylic acids is 1. The Labute approximate surface area is 69.0 Å². The fourth-order valence-corrected chi connectivity index (χ4v) is 0.923. The van der Waals surface area contributed by atoms with E-state index in [-0.39, 0.29) is 0 Å². The van der Waals surface area contributed by atoms with E-state index in [2.05, 4.69) is 10.2 Å². The molecule has 1 unspecified atom stereocenters. The van der Waals surface area contributed by atoms with Gasteiger partial charge in [-0.1, -0.05) is 0 Å². The van der Waals surface area contributed by atoms with Gasteiger partial charge in [0.05, 0.1) is 5.69 Å². The van der Waals surface area contributed by atoms with Crippen molar-refractivity contribution >= 4 is 5.97 Å². The molecule has 1 aromatic heterocycles. The average Bonchev–Trinajstić information content (AvgIpc) is 2.28. The van der Waals surface area contributed by atoms with E-state index in [4.69, 9.17) is 10.8 Å². The molecule has 0 radical (unpaired) electrons. The number of carboxylic acids is 1. The number of carbonyl (C=O) groups is 1. The predicted octanol–water partition coefficient (Wildman–Crippen LogP) is -0.792. The third-order valence-electron chi connectivity index (χ3n) is 1.48. The lowest BCUT2D eigenvalue weighted by atomic mass is 10.2. The number of rotatable bonds is 2. The molecule has 66 valence electrons. The van der Waals surface area contributed by atoms with Crippen LogP contribution in [0.4, 0.5) is 0 Å². The Balaban J connectivity index is 3.02. The van der Waals surface area contributed by atoms with Crippen molar-refractivity contribution in [3.05, 3.63) is 11.4 Å². The van der Waals surface area contributed by atoms with E-state index in [1.54, 1.807) is 14.0 Å². The second-order valence-corrected chi connectivity index (χ2v) is 2.48. The van der Waals surface area contributed by atoms with Gasteiger partial charge < -0.3 is 10.8 Å². The largest absolute Gasteiger partial charge is 0.480 e. The second kappa shape index (κ2) is 2.90. The van der Waals surface area contributed by atoms with Gasteiger partial charge in [0.2, 0.25) is 0 Å². The molecule has 1 aromatic rings. The number of hydrogen-bond donors (Lipinski definition) is 2. The van der Waals surface area contributed by atoms with Crippen molar-refractivity contribution in [3.8, 4) is 0 Å². The highest BCUT2D eigenvalue weighted by Gasteiger charge is 2.20. The zero-order valence-corrected chi connectivity index (χ0v) is 6.85. The van der Waals surface area contributed by atoms with Crippen molar-refractivity contribution in [1.82, 2.24) is 15.0 Å². The quantitative estimate of drug-likeness (QED) is 0.606.